The molecule has 29 heavy (non-hydrogen) atoms. The molecule has 0 aliphatic carbocycles. The Balaban J connectivity index is 2.07. The molecule has 0 unspecified atom stereocenters. The quantitative estimate of drug-likeness (QED) is 0.495. The maximum absolute atomic E-state index is 12.7. The summed E-state index contributed by atoms with van der Waals surface area (Å²) < 4.78 is 26.2. The SMILES string of the molecule is COC(=O)[C@]1(CCC=N[S@@](=O)C(C)(C)C)CCCN1C(=O)OCc1ccccc1. The van der Waals surface area contributed by atoms with Gasteiger partial charge in [0.1, 0.15) is 23.1 Å². The van der Waals surface area contributed by atoms with Crippen LogP contribution in [0.4, 0.5) is 4.79 Å². The van der Waals surface area contributed by atoms with Gasteiger partial charge < -0.3 is 9.47 Å². The van der Waals surface area contributed by atoms with Crippen molar-refractivity contribution in [2.45, 2.75) is 63.3 Å². The van der Waals surface area contributed by atoms with Crippen LogP contribution in [0.15, 0.2) is 34.7 Å². The average Bonchev–Trinajstić information content (AvgIpc) is 3.13. The molecular formula is C21H30N2O5S. The van der Waals surface area contributed by atoms with Crippen LogP contribution in [0.2, 0.25) is 0 Å². The minimum Gasteiger partial charge on any atom is -0.467 e. The largest absolute Gasteiger partial charge is 0.467 e. The van der Waals surface area contributed by atoms with E-state index < -0.39 is 33.3 Å². The second-order valence-corrected chi connectivity index (χ2v) is 9.94. The molecule has 160 valence electrons. The summed E-state index contributed by atoms with van der Waals surface area (Å²) >= 11 is 0. The Kier molecular flexibility index (Phi) is 7.96. The number of likely N-dealkylation sites (tertiary alicyclic amines) is 1. The van der Waals surface area contributed by atoms with Crippen LogP contribution in [0.3, 0.4) is 0 Å². The molecule has 7 nitrogen and oxygen atoms in total. The topological polar surface area (TPSA) is 85.3 Å². The molecule has 8 heteroatoms. The number of rotatable bonds is 7. The van der Waals surface area contributed by atoms with Crippen LogP contribution in [-0.2, 0) is 31.9 Å². The van der Waals surface area contributed by atoms with E-state index in [0.29, 0.717) is 32.2 Å². The molecule has 0 bridgehead atoms. The summed E-state index contributed by atoms with van der Waals surface area (Å²) in [4.78, 5) is 26.8. The van der Waals surface area contributed by atoms with Crippen LogP contribution in [0.5, 0.6) is 0 Å². The summed E-state index contributed by atoms with van der Waals surface area (Å²) in [6, 6.07) is 9.38. The van der Waals surface area contributed by atoms with Crippen molar-refractivity contribution in [1.82, 2.24) is 4.90 Å². The Hall–Kier alpha value is -2.22. The van der Waals surface area contributed by atoms with E-state index >= 15 is 0 Å². The Morgan fingerprint density at radius 3 is 2.59 bits per heavy atom. The van der Waals surface area contributed by atoms with Gasteiger partial charge in [-0.05, 0) is 52.0 Å². The minimum absolute atomic E-state index is 0.138. The number of methoxy groups -OCH3 is 1. The van der Waals surface area contributed by atoms with Crippen LogP contribution in [-0.4, -0.2) is 51.3 Å². The number of benzene rings is 1. The van der Waals surface area contributed by atoms with Gasteiger partial charge in [0.2, 0.25) is 0 Å². The van der Waals surface area contributed by atoms with Gasteiger partial charge in [-0.25, -0.2) is 13.8 Å². The second-order valence-electron chi connectivity index (χ2n) is 8.01. The number of carbonyl (C=O) groups is 2. The summed E-state index contributed by atoms with van der Waals surface area (Å²) in [5.41, 5.74) is -0.210. The molecule has 0 N–H and O–H groups in total. The molecule has 1 fully saturated rings. The predicted octanol–water partition coefficient (Wildman–Crippen LogP) is 3.64. The lowest BCUT2D eigenvalue weighted by Gasteiger charge is -2.34. The first-order valence-electron chi connectivity index (χ1n) is 9.72. The zero-order chi connectivity index (χ0) is 21.5. The molecule has 0 radical (unpaired) electrons. The molecule has 1 aromatic carbocycles. The van der Waals surface area contributed by atoms with Crippen molar-refractivity contribution in [2.75, 3.05) is 13.7 Å². The van der Waals surface area contributed by atoms with Gasteiger partial charge in [0.05, 0.1) is 11.9 Å². The Morgan fingerprint density at radius 2 is 1.97 bits per heavy atom. The number of esters is 1. The lowest BCUT2D eigenvalue weighted by Crippen LogP contribution is -2.53. The highest BCUT2D eigenvalue weighted by molar-refractivity contribution is 7.85. The molecule has 0 aromatic heterocycles. The van der Waals surface area contributed by atoms with Crippen molar-refractivity contribution >= 4 is 29.3 Å². The monoisotopic (exact) mass is 422 g/mol. The molecule has 1 aliphatic heterocycles. The first-order valence-corrected chi connectivity index (χ1v) is 10.8. The lowest BCUT2D eigenvalue weighted by molar-refractivity contribution is -0.153. The second kappa shape index (κ2) is 10.0. The van der Waals surface area contributed by atoms with Crippen LogP contribution < -0.4 is 0 Å². The summed E-state index contributed by atoms with van der Waals surface area (Å²) in [5, 5.41) is 0. The van der Waals surface area contributed by atoms with Gasteiger partial charge in [0, 0.05) is 12.8 Å². The molecule has 1 heterocycles. The van der Waals surface area contributed by atoms with Gasteiger partial charge in [-0.15, -0.1) is 0 Å². The third kappa shape index (κ3) is 5.88. The minimum atomic E-state index is -1.36. The Morgan fingerprint density at radius 1 is 1.28 bits per heavy atom. The van der Waals surface area contributed by atoms with Crippen LogP contribution >= 0.6 is 0 Å². The number of carbonyl (C=O) groups excluding carboxylic acids is 2. The van der Waals surface area contributed by atoms with Crippen molar-refractivity contribution in [3.8, 4) is 0 Å². The third-order valence-electron chi connectivity index (χ3n) is 4.86. The predicted molar refractivity (Wildman–Crippen MR) is 113 cm³/mol. The molecule has 0 spiro atoms. The van der Waals surface area contributed by atoms with Crippen molar-refractivity contribution in [1.29, 1.82) is 0 Å². The maximum Gasteiger partial charge on any atom is 0.411 e. The van der Waals surface area contributed by atoms with Crippen LogP contribution in [0.1, 0.15) is 52.0 Å². The van der Waals surface area contributed by atoms with E-state index in [4.69, 9.17) is 9.47 Å². The standard InChI is InChI=1S/C21H30N2O5S/c1-20(2,3)29(26)22-14-8-12-21(18(24)27-4)13-9-15-23(21)19(25)28-16-17-10-6-5-7-11-17/h5-7,10-11,14H,8-9,12-13,15-16H2,1-4H3/t21-,29-/m0/s1. The van der Waals surface area contributed by atoms with Gasteiger partial charge in [-0.1, -0.05) is 30.3 Å². The smallest absolute Gasteiger partial charge is 0.411 e. The van der Waals surface area contributed by atoms with E-state index in [0.717, 1.165) is 5.56 Å². The zero-order valence-electron chi connectivity index (χ0n) is 17.6. The Labute approximate surface area is 175 Å². The lowest BCUT2D eigenvalue weighted by atomic mass is 9.90. The fourth-order valence-corrected chi connectivity index (χ4v) is 3.84. The van der Waals surface area contributed by atoms with Crippen LogP contribution in [0.25, 0.3) is 0 Å². The molecule has 0 saturated carbocycles. The molecule has 1 amide bonds. The molecule has 1 saturated heterocycles. The van der Waals surface area contributed by atoms with E-state index in [2.05, 4.69) is 4.40 Å². The van der Waals surface area contributed by atoms with Gasteiger partial charge in [-0.3, -0.25) is 4.90 Å². The summed E-state index contributed by atoms with van der Waals surface area (Å²) in [6.45, 7) is 6.10. The maximum atomic E-state index is 12.7. The van der Waals surface area contributed by atoms with Gasteiger partial charge in [-0.2, -0.15) is 4.40 Å². The van der Waals surface area contributed by atoms with Gasteiger partial charge in [0.15, 0.2) is 0 Å². The molecular weight excluding hydrogens is 392 g/mol. The number of hydrogen-bond acceptors (Lipinski definition) is 5. The summed E-state index contributed by atoms with van der Waals surface area (Å²) in [7, 11) is -0.0420. The number of ether oxygens (including phenoxy) is 2. The number of hydrogen-bond donors (Lipinski definition) is 0. The van der Waals surface area contributed by atoms with Crippen molar-refractivity contribution in [3.05, 3.63) is 35.9 Å². The first-order chi connectivity index (χ1) is 13.7. The average molecular weight is 423 g/mol. The molecule has 2 atom stereocenters. The van der Waals surface area contributed by atoms with E-state index in [1.165, 1.54) is 12.0 Å². The fraction of sp³-hybridized carbons (Fsp3) is 0.571. The number of nitrogens with zero attached hydrogens (tertiary/aromatic N) is 2. The molecule has 1 aromatic rings. The fourth-order valence-electron chi connectivity index (χ4n) is 3.29. The summed E-state index contributed by atoms with van der Waals surface area (Å²) in [6.07, 6.45) is 2.95. The highest BCUT2D eigenvalue weighted by Crippen LogP contribution is 2.35. The highest BCUT2D eigenvalue weighted by atomic mass is 32.2. The van der Waals surface area contributed by atoms with E-state index in [9.17, 15) is 13.8 Å². The number of amides is 1. The third-order valence-corrected chi connectivity index (χ3v) is 6.25. The van der Waals surface area contributed by atoms with Crippen molar-refractivity contribution < 1.29 is 23.3 Å². The van der Waals surface area contributed by atoms with Crippen molar-refractivity contribution in [3.63, 3.8) is 0 Å². The molecule has 1 aliphatic rings. The van der Waals surface area contributed by atoms with Gasteiger partial charge in [0.25, 0.3) is 0 Å². The van der Waals surface area contributed by atoms with Gasteiger partial charge >= 0.3 is 12.1 Å². The first kappa shape index (κ1) is 23.1. The van der Waals surface area contributed by atoms with E-state index in [1.807, 2.05) is 51.1 Å². The zero-order valence-corrected chi connectivity index (χ0v) is 18.4. The summed E-state index contributed by atoms with van der Waals surface area (Å²) in [5.74, 6) is -0.461. The normalized spacial score (nSPS) is 20.6. The van der Waals surface area contributed by atoms with E-state index in [-0.39, 0.29) is 6.61 Å². The van der Waals surface area contributed by atoms with Crippen molar-refractivity contribution in [2.24, 2.45) is 4.40 Å². The van der Waals surface area contributed by atoms with E-state index in [1.54, 1.807) is 6.21 Å². The Bertz CT molecular complexity index is 760. The van der Waals surface area contributed by atoms with Crippen LogP contribution in [0, 0.1) is 0 Å². The highest BCUT2D eigenvalue weighted by Gasteiger charge is 2.50. The molecule has 2 rings (SSSR count).